The van der Waals surface area contributed by atoms with E-state index in [0.717, 1.165) is 29.4 Å². The Morgan fingerprint density at radius 3 is 2.72 bits per heavy atom. The number of para-hydroxylation sites is 1. The summed E-state index contributed by atoms with van der Waals surface area (Å²) in [5.41, 5.74) is 3.49. The normalized spacial score (nSPS) is 16.5. The first-order valence-corrected chi connectivity index (χ1v) is 9.08. The van der Waals surface area contributed by atoms with Crippen LogP contribution in [0.15, 0.2) is 48.5 Å². The second-order valence-corrected chi connectivity index (χ2v) is 7.00. The molecule has 3 amide bonds. The molecular formula is C19H16N2O3S. The van der Waals surface area contributed by atoms with Crippen molar-refractivity contribution in [3.63, 3.8) is 0 Å². The molecule has 0 aliphatic carbocycles. The summed E-state index contributed by atoms with van der Waals surface area (Å²) in [4.78, 5) is 39.4. The lowest BCUT2D eigenvalue weighted by Crippen LogP contribution is -2.30. The number of anilines is 1. The van der Waals surface area contributed by atoms with E-state index in [1.165, 1.54) is 10.5 Å². The van der Waals surface area contributed by atoms with Crippen LogP contribution in [0, 0.1) is 0 Å². The van der Waals surface area contributed by atoms with Crippen molar-refractivity contribution < 1.29 is 14.4 Å². The molecule has 0 spiro atoms. The molecule has 1 saturated heterocycles. The van der Waals surface area contributed by atoms with Gasteiger partial charge in [0.05, 0.1) is 12.3 Å². The summed E-state index contributed by atoms with van der Waals surface area (Å²) in [6.45, 7) is 0.879. The predicted molar refractivity (Wildman–Crippen MR) is 96.7 cm³/mol. The van der Waals surface area contributed by atoms with Gasteiger partial charge >= 0.3 is 0 Å². The van der Waals surface area contributed by atoms with E-state index in [4.69, 9.17) is 0 Å². The molecule has 2 aromatic rings. The van der Waals surface area contributed by atoms with Gasteiger partial charge in [-0.25, -0.2) is 0 Å². The summed E-state index contributed by atoms with van der Waals surface area (Å²) in [5, 5.41) is -0.227. The molecule has 0 aromatic heterocycles. The largest absolute Gasteiger partial charge is 0.308 e. The maximum Gasteiger partial charge on any atom is 0.289 e. The number of fused-ring (bicyclic) bond motifs is 1. The molecule has 0 bridgehead atoms. The molecular weight excluding hydrogens is 336 g/mol. The Labute approximate surface area is 149 Å². The van der Waals surface area contributed by atoms with E-state index in [2.05, 4.69) is 0 Å². The van der Waals surface area contributed by atoms with Gasteiger partial charge in [0, 0.05) is 17.8 Å². The molecule has 0 radical (unpaired) electrons. The summed E-state index contributed by atoms with van der Waals surface area (Å²) in [6, 6.07) is 15.1. The highest BCUT2D eigenvalue weighted by Crippen LogP contribution is 2.29. The van der Waals surface area contributed by atoms with Crippen LogP contribution in [0.1, 0.15) is 21.5 Å². The topological polar surface area (TPSA) is 57.7 Å². The number of amides is 3. The van der Waals surface area contributed by atoms with E-state index in [1.807, 2.05) is 30.3 Å². The molecule has 2 aromatic carbocycles. The molecule has 4 rings (SSSR count). The highest BCUT2D eigenvalue weighted by atomic mass is 32.2. The highest BCUT2D eigenvalue weighted by Gasteiger charge is 2.30. The minimum atomic E-state index is -0.227. The van der Waals surface area contributed by atoms with Crippen molar-refractivity contribution in [3.05, 3.63) is 65.2 Å². The molecule has 2 aliphatic rings. The Bertz CT molecular complexity index is 864. The first-order chi connectivity index (χ1) is 12.1. The summed E-state index contributed by atoms with van der Waals surface area (Å²) in [5.74, 6) is -0.0392. The zero-order valence-corrected chi connectivity index (χ0v) is 14.3. The molecule has 1 fully saturated rings. The van der Waals surface area contributed by atoms with E-state index < -0.39 is 0 Å². The first-order valence-electron chi connectivity index (χ1n) is 8.09. The monoisotopic (exact) mass is 352 g/mol. The van der Waals surface area contributed by atoms with Crippen LogP contribution in [-0.4, -0.2) is 34.3 Å². The quantitative estimate of drug-likeness (QED) is 0.852. The number of carbonyl (C=O) groups is 3. The lowest BCUT2D eigenvalue weighted by Gasteiger charge is -2.18. The van der Waals surface area contributed by atoms with Gasteiger partial charge in [0.15, 0.2) is 0 Å². The van der Waals surface area contributed by atoms with Crippen LogP contribution < -0.4 is 4.90 Å². The Kier molecular flexibility index (Phi) is 4.05. The summed E-state index contributed by atoms with van der Waals surface area (Å²) in [6.07, 6.45) is 0.857. The molecule has 0 saturated carbocycles. The third-order valence-corrected chi connectivity index (χ3v) is 5.35. The molecule has 5 nitrogen and oxygen atoms in total. The second kappa shape index (κ2) is 6.37. The number of imide groups is 1. The summed E-state index contributed by atoms with van der Waals surface area (Å²) < 4.78 is 0. The van der Waals surface area contributed by atoms with Gasteiger partial charge in [-0.1, -0.05) is 42.1 Å². The third-order valence-electron chi connectivity index (χ3n) is 4.49. The fraction of sp³-hybridized carbons (Fsp3) is 0.211. The average Bonchev–Trinajstić information content (AvgIpc) is 3.20. The third kappa shape index (κ3) is 2.93. The molecule has 25 heavy (non-hydrogen) atoms. The first kappa shape index (κ1) is 15.9. The van der Waals surface area contributed by atoms with Crippen LogP contribution >= 0.6 is 11.8 Å². The van der Waals surface area contributed by atoms with Crippen molar-refractivity contribution in [2.75, 3.05) is 17.2 Å². The maximum atomic E-state index is 12.9. The minimum absolute atomic E-state index is 0.0553. The fourth-order valence-electron chi connectivity index (χ4n) is 3.22. The Morgan fingerprint density at radius 1 is 1.08 bits per heavy atom. The van der Waals surface area contributed by atoms with Crippen LogP contribution in [0.5, 0.6) is 0 Å². The number of benzene rings is 2. The van der Waals surface area contributed by atoms with E-state index in [1.54, 1.807) is 23.1 Å². The van der Waals surface area contributed by atoms with Crippen molar-refractivity contribution in [2.24, 2.45) is 0 Å². The van der Waals surface area contributed by atoms with Crippen LogP contribution in [0.3, 0.4) is 0 Å². The predicted octanol–water partition coefficient (Wildman–Crippen LogP) is 3.08. The fourth-order valence-corrected chi connectivity index (χ4v) is 3.95. The molecule has 2 heterocycles. The minimum Gasteiger partial charge on any atom is -0.308 e. The number of carbonyl (C=O) groups excluding carboxylic acids is 3. The standard InChI is InChI=1S/C19H16N2O3S/c22-17-12-25-19(24)21(17)11-13-4-3-6-15(10-13)18(23)20-9-8-14-5-1-2-7-16(14)20/h1-7,10H,8-9,11-12H2. The summed E-state index contributed by atoms with van der Waals surface area (Å²) in [7, 11) is 0. The zero-order chi connectivity index (χ0) is 17.4. The number of hydrogen-bond acceptors (Lipinski definition) is 4. The van der Waals surface area contributed by atoms with Gasteiger partial charge in [0.1, 0.15) is 0 Å². The molecule has 126 valence electrons. The number of nitrogens with zero attached hydrogens (tertiary/aromatic N) is 2. The van der Waals surface area contributed by atoms with Crippen LogP contribution in [0.25, 0.3) is 0 Å². The number of rotatable bonds is 3. The number of hydrogen-bond donors (Lipinski definition) is 0. The second-order valence-electron chi connectivity index (χ2n) is 6.07. The van der Waals surface area contributed by atoms with Crippen molar-refractivity contribution in [1.29, 1.82) is 0 Å². The van der Waals surface area contributed by atoms with E-state index >= 15 is 0 Å². The summed E-state index contributed by atoms with van der Waals surface area (Å²) >= 11 is 1.02. The molecule has 2 aliphatic heterocycles. The molecule has 0 N–H and O–H groups in total. The van der Waals surface area contributed by atoms with Gasteiger partial charge in [-0.2, -0.15) is 0 Å². The Hall–Kier alpha value is -2.60. The van der Waals surface area contributed by atoms with Crippen molar-refractivity contribution in [1.82, 2.24) is 4.90 Å². The Balaban J connectivity index is 1.57. The maximum absolute atomic E-state index is 12.9. The Morgan fingerprint density at radius 2 is 1.92 bits per heavy atom. The van der Waals surface area contributed by atoms with Gasteiger partial charge in [-0.3, -0.25) is 19.3 Å². The van der Waals surface area contributed by atoms with Gasteiger partial charge in [-0.05, 0) is 35.7 Å². The van der Waals surface area contributed by atoms with Gasteiger partial charge in [0.2, 0.25) is 5.91 Å². The van der Waals surface area contributed by atoms with Crippen molar-refractivity contribution in [2.45, 2.75) is 13.0 Å². The van der Waals surface area contributed by atoms with E-state index in [0.29, 0.717) is 12.1 Å². The van der Waals surface area contributed by atoms with Gasteiger partial charge in [-0.15, -0.1) is 0 Å². The smallest absolute Gasteiger partial charge is 0.289 e. The van der Waals surface area contributed by atoms with Crippen LogP contribution in [0.2, 0.25) is 0 Å². The van der Waals surface area contributed by atoms with Crippen molar-refractivity contribution >= 4 is 34.5 Å². The lowest BCUT2D eigenvalue weighted by atomic mass is 10.1. The highest BCUT2D eigenvalue weighted by molar-refractivity contribution is 8.14. The number of thioether (sulfide) groups is 1. The molecule has 6 heteroatoms. The van der Waals surface area contributed by atoms with Crippen LogP contribution in [-0.2, 0) is 17.8 Å². The average molecular weight is 352 g/mol. The van der Waals surface area contributed by atoms with Gasteiger partial charge in [0.25, 0.3) is 11.1 Å². The molecule has 0 atom stereocenters. The zero-order valence-electron chi connectivity index (χ0n) is 13.5. The van der Waals surface area contributed by atoms with Crippen LogP contribution in [0.4, 0.5) is 10.5 Å². The lowest BCUT2D eigenvalue weighted by molar-refractivity contribution is -0.125. The van der Waals surface area contributed by atoms with Gasteiger partial charge < -0.3 is 4.90 Å². The van der Waals surface area contributed by atoms with E-state index in [-0.39, 0.29) is 29.4 Å². The van der Waals surface area contributed by atoms with Crippen molar-refractivity contribution in [3.8, 4) is 0 Å². The van der Waals surface area contributed by atoms with E-state index in [9.17, 15) is 14.4 Å². The SMILES string of the molecule is O=C1CSC(=O)N1Cc1cccc(C(=O)N2CCc3ccccc32)c1. The molecule has 0 unspecified atom stereocenters.